The van der Waals surface area contributed by atoms with Crippen molar-refractivity contribution in [1.82, 2.24) is 10.4 Å². The first-order chi connectivity index (χ1) is 18.6. The lowest BCUT2D eigenvalue weighted by molar-refractivity contribution is -0.274. The van der Waals surface area contributed by atoms with Crippen molar-refractivity contribution in [3.05, 3.63) is 93.8 Å². The molecule has 0 spiro atoms. The summed E-state index contributed by atoms with van der Waals surface area (Å²) in [7, 11) is 0. The van der Waals surface area contributed by atoms with Crippen molar-refractivity contribution in [1.29, 1.82) is 0 Å². The van der Waals surface area contributed by atoms with E-state index in [-0.39, 0.29) is 10.9 Å². The molecule has 1 aliphatic carbocycles. The number of ether oxygens (including phenoxy) is 1. The molecule has 0 radical (unpaired) electrons. The fourth-order valence-electron chi connectivity index (χ4n) is 4.71. The maximum atomic E-state index is 14.6. The van der Waals surface area contributed by atoms with E-state index in [0.717, 1.165) is 37.0 Å². The normalized spacial score (nSPS) is 17.8. The number of aliphatic carboxylic acids is 1. The van der Waals surface area contributed by atoms with Crippen molar-refractivity contribution in [2.24, 2.45) is 5.92 Å². The number of nitrogens with zero attached hydrogens (tertiary/aromatic N) is 1. The molecule has 11 heteroatoms. The van der Waals surface area contributed by atoms with Gasteiger partial charge < -0.3 is 15.3 Å². The topological polar surface area (TPSA) is 83.5 Å². The Morgan fingerprint density at radius 2 is 1.87 bits per heavy atom. The van der Waals surface area contributed by atoms with Crippen LogP contribution in [-0.2, 0) is 4.79 Å². The van der Waals surface area contributed by atoms with Crippen LogP contribution in [0.5, 0.6) is 5.75 Å². The highest BCUT2D eigenvalue weighted by molar-refractivity contribution is 6.33. The Morgan fingerprint density at radius 1 is 1.10 bits per heavy atom. The summed E-state index contributed by atoms with van der Waals surface area (Å²) in [6.45, 7) is 0. The van der Waals surface area contributed by atoms with Crippen molar-refractivity contribution >= 4 is 40.5 Å². The number of aromatic nitrogens is 1. The molecule has 2 heterocycles. The Labute approximate surface area is 225 Å². The fraction of sp³-hybridized carbons (Fsp3) is 0.214. The Balaban J connectivity index is 1.70. The second-order valence-corrected chi connectivity index (χ2v) is 9.59. The summed E-state index contributed by atoms with van der Waals surface area (Å²) in [4.78, 5) is 15.3. The minimum absolute atomic E-state index is 0.0455. The van der Waals surface area contributed by atoms with Gasteiger partial charge in [0.1, 0.15) is 5.75 Å². The molecule has 1 aliphatic heterocycles. The molecule has 3 N–H and O–H groups in total. The third-order valence-corrected chi connectivity index (χ3v) is 6.98. The summed E-state index contributed by atoms with van der Waals surface area (Å²) in [5, 5.41) is 9.00. The largest absolute Gasteiger partial charge is 0.573 e. The molecule has 2 aliphatic rings. The van der Waals surface area contributed by atoms with Crippen LogP contribution in [0.4, 0.5) is 23.2 Å². The number of alkyl halides is 4. The number of nitrogens with one attached hydrogen (secondary N) is 2. The molecule has 1 aromatic heterocycles. The lowest BCUT2D eigenvalue weighted by atomic mass is 9.73. The smallest absolute Gasteiger partial charge is 0.478 e. The second kappa shape index (κ2) is 10.7. The number of rotatable bonds is 7. The van der Waals surface area contributed by atoms with Gasteiger partial charge in [-0.25, -0.2) is 14.6 Å². The molecule has 2 aromatic carbocycles. The van der Waals surface area contributed by atoms with E-state index >= 15 is 0 Å². The highest BCUT2D eigenvalue weighted by atomic mass is 35.5. The van der Waals surface area contributed by atoms with Gasteiger partial charge in [0.15, 0.2) is 6.30 Å². The van der Waals surface area contributed by atoms with Crippen molar-refractivity contribution in [3.63, 3.8) is 0 Å². The van der Waals surface area contributed by atoms with Gasteiger partial charge in [-0.15, -0.1) is 13.2 Å². The van der Waals surface area contributed by atoms with Gasteiger partial charge in [0, 0.05) is 23.4 Å². The standard InChI is InChI=1S/C28H22ClF4N3O3/c29-22-13-19(39-28(31,32)33)8-9-20(22)26(15-2-1-3-15)25(16-5-10-23-21(12-16)27(30)36-35-23)17-4-6-18(34-14-17)7-11-24(37)38/h4-15,27,35-36H,1-3H2,(H,37,38)/b11-7+,26-25-. The van der Waals surface area contributed by atoms with Gasteiger partial charge in [-0.2, -0.15) is 0 Å². The van der Waals surface area contributed by atoms with Crippen LogP contribution in [0.3, 0.4) is 0 Å². The molecule has 5 rings (SSSR count). The van der Waals surface area contributed by atoms with Crippen LogP contribution in [0, 0.1) is 5.92 Å². The molecule has 1 unspecified atom stereocenters. The van der Waals surface area contributed by atoms with Gasteiger partial charge in [0.2, 0.25) is 0 Å². The second-order valence-electron chi connectivity index (χ2n) is 9.18. The Morgan fingerprint density at radius 3 is 2.49 bits per heavy atom. The minimum Gasteiger partial charge on any atom is -0.478 e. The van der Waals surface area contributed by atoms with Gasteiger partial charge in [-0.05, 0) is 83.5 Å². The zero-order valence-corrected chi connectivity index (χ0v) is 21.0. The lowest BCUT2D eigenvalue weighted by Gasteiger charge is -2.32. The molecular formula is C28H22ClF4N3O3. The van der Waals surface area contributed by atoms with Crippen LogP contribution in [0.2, 0.25) is 5.02 Å². The van der Waals surface area contributed by atoms with Gasteiger partial charge in [-0.1, -0.05) is 30.2 Å². The lowest BCUT2D eigenvalue weighted by Crippen LogP contribution is -2.18. The number of hydrogen-bond donors (Lipinski definition) is 3. The third-order valence-electron chi connectivity index (χ3n) is 6.67. The summed E-state index contributed by atoms with van der Waals surface area (Å²) >= 11 is 6.57. The van der Waals surface area contributed by atoms with Gasteiger partial charge in [-0.3, -0.25) is 4.98 Å². The number of benzene rings is 2. The first-order valence-electron chi connectivity index (χ1n) is 12.1. The van der Waals surface area contributed by atoms with Crippen molar-refractivity contribution in [3.8, 4) is 5.75 Å². The number of carboxylic acid groups (broad SMARTS) is 1. The molecule has 6 nitrogen and oxygen atoms in total. The quantitative estimate of drug-likeness (QED) is 0.121. The molecular weight excluding hydrogens is 538 g/mol. The molecule has 1 saturated carbocycles. The van der Waals surface area contributed by atoms with E-state index in [1.807, 2.05) is 6.07 Å². The number of allylic oxidation sites excluding steroid dienone is 1. The Bertz CT molecular complexity index is 1470. The van der Waals surface area contributed by atoms with Crippen molar-refractivity contribution in [2.45, 2.75) is 31.9 Å². The minimum atomic E-state index is -4.86. The molecule has 0 amide bonds. The van der Waals surface area contributed by atoms with E-state index in [0.29, 0.717) is 39.2 Å². The average molecular weight is 560 g/mol. The van der Waals surface area contributed by atoms with E-state index in [1.165, 1.54) is 18.2 Å². The van der Waals surface area contributed by atoms with E-state index < -0.39 is 24.4 Å². The number of anilines is 1. The predicted octanol–water partition coefficient (Wildman–Crippen LogP) is 7.39. The predicted molar refractivity (Wildman–Crippen MR) is 139 cm³/mol. The van der Waals surface area contributed by atoms with E-state index in [1.54, 1.807) is 30.5 Å². The third kappa shape index (κ3) is 5.91. The monoisotopic (exact) mass is 559 g/mol. The number of carboxylic acids is 1. The number of hydrazine groups is 1. The fourth-order valence-corrected chi connectivity index (χ4v) is 4.99. The van der Waals surface area contributed by atoms with Crippen LogP contribution < -0.4 is 15.6 Å². The molecule has 0 saturated heterocycles. The van der Waals surface area contributed by atoms with Gasteiger partial charge >= 0.3 is 12.3 Å². The van der Waals surface area contributed by atoms with Crippen LogP contribution in [0.1, 0.15) is 53.5 Å². The first kappa shape index (κ1) is 26.7. The number of halogens is 5. The van der Waals surface area contributed by atoms with Gasteiger partial charge in [0.25, 0.3) is 0 Å². The molecule has 0 bridgehead atoms. The Hall–Kier alpha value is -3.89. The van der Waals surface area contributed by atoms with E-state index in [2.05, 4.69) is 20.6 Å². The highest BCUT2D eigenvalue weighted by Crippen LogP contribution is 2.48. The summed E-state index contributed by atoms with van der Waals surface area (Å²) < 4.78 is 57.1. The molecule has 39 heavy (non-hydrogen) atoms. The summed E-state index contributed by atoms with van der Waals surface area (Å²) in [6.07, 6.45) is 0.268. The molecule has 202 valence electrons. The number of carbonyl (C=O) groups is 1. The molecule has 3 aromatic rings. The van der Waals surface area contributed by atoms with Crippen LogP contribution in [0.25, 0.3) is 17.2 Å². The van der Waals surface area contributed by atoms with E-state index in [9.17, 15) is 22.4 Å². The van der Waals surface area contributed by atoms with Crippen molar-refractivity contribution < 1.29 is 32.2 Å². The van der Waals surface area contributed by atoms with E-state index in [4.69, 9.17) is 16.7 Å². The molecule has 1 fully saturated rings. The number of hydrogen-bond acceptors (Lipinski definition) is 5. The summed E-state index contributed by atoms with van der Waals surface area (Å²) in [5.41, 5.74) is 10.1. The zero-order valence-electron chi connectivity index (χ0n) is 20.2. The highest BCUT2D eigenvalue weighted by Gasteiger charge is 2.33. The van der Waals surface area contributed by atoms with Gasteiger partial charge in [0.05, 0.1) is 16.4 Å². The Kier molecular flexibility index (Phi) is 7.33. The van der Waals surface area contributed by atoms with Crippen LogP contribution >= 0.6 is 11.6 Å². The first-order valence-corrected chi connectivity index (χ1v) is 12.4. The zero-order chi connectivity index (χ0) is 27.7. The average Bonchev–Trinajstić information content (AvgIpc) is 3.21. The maximum absolute atomic E-state index is 14.6. The summed E-state index contributed by atoms with van der Waals surface area (Å²) in [6, 6.07) is 12.6. The van der Waals surface area contributed by atoms with Crippen LogP contribution in [-0.4, -0.2) is 22.4 Å². The van der Waals surface area contributed by atoms with Crippen molar-refractivity contribution in [2.75, 3.05) is 5.43 Å². The molecule has 1 atom stereocenters. The maximum Gasteiger partial charge on any atom is 0.573 e. The SMILES string of the molecule is O=C(O)/C=C/c1ccc(/C(=C(\c2ccc(OC(F)(F)F)cc2Cl)C2CCC2)c2ccc3c(c2)C(F)NN3)cn1. The van der Waals surface area contributed by atoms with Crippen LogP contribution in [0.15, 0.2) is 60.8 Å². The number of pyridine rings is 1. The number of fused-ring (bicyclic) bond motifs is 1. The summed E-state index contributed by atoms with van der Waals surface area (Å²) in [5.74, 6) is -1.50.